The van der Waals surface area contributed by atoms with Crippen molar-refractivity contribution in [2.24, 2.45) is 17.6 Å². The molecule has 21 heavy (non-hydrogen) atoms. The van der Waals surface area contributed by atoms with Crippen LogP contribution in [0.25, 0.3) is 0 Å². The van der Waals surface area contributed by atoms with E-state index in [-0.39, 0.29) is 6.03 Å². The number of rotatable bonds is 5. The van der Waals surface area contributed by atoms with E-state index in [9.17, 15) is 4.79 Å². The van der Waals surface area contributed by atoms with Crippen molar-refractivity contribution in [1.29, 1.82) is 0 Å². The van der Waals surface area contributed by atoms with E-state index in [2.05, 4.69) is 17.6 Å². The Morgan fingerprint density at radius 2 is 2.05 bits per heavy atom. The second kappa shape index (κ2) is 8.03. The molecule has 2 atom stereocenters. The van der Waals surface area contributed by atoms with Gasteiger partial charge in [0.05, 0.1) is 0 Å². The molecule has 0 saturated heterocycles. The normalized spacial score (nSPS) is 21.8. The molecule has 0 aromatic heterocycles. The van der Waals surface area contributed by atoms with Gasteiger partial charge in [-0.05, 0) is 42.4 Å². The summed E-state index contributed by atoms with van der Waals surface area (Å²) in [4.78, 5) is 11.8. The number of carbonyl (C=O) groups is 1. The minimum atomic E-state index is -0.126. The van der Waals surface area contributed by atoms with Crippen LogP contribution in [0.4, 0.5) is 10.5 Å². The Balaban J connectivity index is 1.67. The van der Waals surface area contributed by atoms with Gasteiger partial charge in [0, 0.05) is 18.8 Å². The number of amides is 2. The lowest BCUT2D eigenvalue weighted by Gasteiger charge is -2.26. The average Bonchev–Trinajstić information content (AvgIpc) is 2.48. The number of urea groups is 1. The molecule has 1 aliphatic carbocycles. The Hall–Kier alpha value is -1.55. The Morgan fingerprint density at radius 1 is 1.29 bits per heavy atom. The minimum absolute atomic E-state index is 0.126. The predicted octanol–water partition coefficient (Wildman–Crippen LogP) is 3.48. The second-order valence-corrected chi connectivity index (χ2v) is 6.21. The molecule has 2 rings (SSSR count). The number of nitrogens with one attached hydrogen (secondary N) is 2. The Kier molecular flexibility index (Phi) is 6.05. The largest absolute Gasteiger partial charge is 0.338 e. The van der Waals surface area contributed by atoms with Gasteiger partial charge in [-0.15, -0.1) is 0 Å². The summed E-state index contributed by atoms with van der Waals surface area (Å²) in [5, 5.41) is 5.80. The van der Waals surface area contributed by atoms with Crippen LogP contribution >= 0.6 is 0 Å². The first-order valence-corrected chi connectivity index (χ1v) is 8.01. The SMILES string of the molecule is CC1CCCC(CCNC(=O)Nc2ccc(CN)cc2)C1. The molecule has 1 aromatic rings. The van der Waals surface area contributed by atoms with Gasteiger partial charge in [-0.2, -0.15) is 0 Å². The first-order chi connectivity index (χ1) is 10.2. The van der Waals surface area contributed by atoms with Crippen LogP contribution in [0, 0.1) is 11.8 Å². The van der Waals surface area contributed by atoms with Crippen LogP contribution in [0.2, 0.25) is 0 Å². The molecule has 4 heteroatoms. The highest BCUT2D eigenvalue weighted by Gasteiger charge is 2.18. The fourth-order valence-corrected chi connectivity index (χ4v) is 3.11. The summed E-state index contributed by atoms with van der Waals surface area (Å²) < 4.78 is 0. The zero-order valence-electron chi connectivity index (χ0n) is 12.9. The fourth-order valence-electron chi connectivity index (χ4n) is 3.11. The van der Waals surface area contributed by atoms with Gasteiger partial charge in [-0.3, -0.25) is 0 Å². The number of benzene rings is 1. The molecule has 1 aromatic carbocycles. The molecule has 116 valence electrons. The van der Waals surface area contributed by atoms with Crippen LogP contribution in [0.3, 0.4) is 0 Å². The second-order valence-electron chi connectivity index (χ2n) is 6.21. The maximum atomic E-state index is 11.8. The summed E-state index contributed by atoms with van der Waals surface area (Å²) >= 11 is 0. The van der Waals surface area contributed by atoms with Crippen LogP contribution in [-0.4, -0.2) is 12.6 Å². The lowest BCUT2D eigenvalue weighted by atomic mass is 9.81. The smallest absolute Gasteiger partial charge is 0.319 e. The zero-order valence-corrected chi connectivity index (χ0v) is 12.9. The maximum absolute atomic E-state index is 11.8. The molecule has 2 unspecified atom stereocenters. The van der Waals surface area contributed by atoms with Crippen molar-refractivity contribution in [2.75, 3.05) is 11.9 Å². The summed E-state index contributed by atoms with van der Waals surface area (Å²) in [6, 6.07) is 7.49. The third-order valence-corrected chi connectivity index (χ3v) is 4.33. The molecule has 2 amide bonds. The highest BCUT2D eigenvalue weighted by molar-refractivity contribution is 5.89. The van der Waals surface area contributed by atoms with E-state index in [1.165, 1.54) is 25.7 Å². The van der Waals surface area contributed by atoms with Crippen LogP contribution in [0.5, 0.6) is 0 Å². The van der Waals surface area contributed by atoms with Gasteiger partial charge in [-0.1, -0.05) is 38.3 Å². The van der Waals surface area contributed by atoms with Crippen LogP contribution in [0.1, 0.15) is 44.6 Å². The van der Waals surface area contributed by atoms with Gasteiger partial charge in [-0.25, -0.2) is 4.79 Å². The summed E-state index contributed by atoms with van der Waals surface area (Å²) in [5.74, 6) is 1.62. The molecule has 1 aliphatic rings. The highest BCUT2D eigenvalue weighted by Crippen LogP contribution is 2.30. The summed E-state index contributed by atoms with van der Waals surface area (Å²) in [5.41, 5.74) is 7.41. The molecule has 4 nitrogen and oxygen atoms in total. The number of hydrogen-bond acceptors (Lipinski definition) is 2. The molecule has 0 heterocycles. The molecule has 1 fully saturated rings. The molecule has 0 spiro atoms. The molecule has 1 saturated carbocycles. The molecule has 0 radical (unpaired) electrons. The van der Waals surface area contributed by atoms with Crippen LogP contribution < -0.4 is 16.4 Å². The van der Waals surface area contributed by atoms with Crippen molar-refractivity contribution in [2.45, 2.75) is 45.6 Å². The van der Waals surface area contributed by atoms with Crippen molar-refractivity contribution in [1.82, 2.24) is 5.32 Å². The molecule has 0 aliphatic heterocycles. The van der Waals surface area contributed by atoms with E-state index in [1.807, 2.05) is 24.3 Å². The van der Waals surface area contributed by atoms with Gasteiger partial charge in [0.25, 0.3) is 0 Å². The van der Waals surface area contributed by atoms with Crippen molar-refractivity contribution < 1.29 is 4.79 Å². The maximum Gasteiger partial charge on any atom is 0.319 e. The lowest BCUT2D eigenvalue weighted by Crippen LogP contribution is -2.31. The van der Waals surface area contributed by atoms with Crippen molar-refractivity contribution in [3.8, 4) is 0 Å². The van der Waals surface area contributed by atoms with Gasteiger partial charge < -0.3 is 16.4 Å². The third kappa shape index (κ3) is 5.38. The fraction of sp³-hybridized carbons (Fsp3) is 0.588. The number of carbonyl (C=O) groups excluding carboxylic acids is 1. The Labute approximate surface area is 127 Å². The Bertz CT molecular complexity index is 444. The van der Waals surface area contributed by atoms with Gasteiger partial charge in [0.1, 0.15) is 0 Å². The standard InChI is InChI=1S/C17H27N3O/c1-13-3-2-4-14(11-13)9-10-19-17(21)20-16-7-5-15(12-18)6-8-16/h5-8,13-14H,2-4,9-12,18H2,1H3,(H2,19,20,21). The first-order valence-electron chi connectivity index (χ1n) is 8.01. The minimum Gasteiger partial charge on any atom is -0.338 e. The monoisotopic (exact) mass is 289 g/mol. The predicted molar refractivity (Wildman–Crippen MR) is 87.1 cm³/mol. The molecule has 4 N–H and O–H groups in total. The van der Waals surface area contributed by atoms with Crippen molar-refractivity contribution in [3.05, 3.63) is 29.8 Å². The lowest BCUT2D eigenvalue weighted by molar-refractivity contribution is 0.245. The van der Waals surface area contributed by atoms with E-state index in [0.717, 1.165) is 36.1 Å². The zero-order chi connectivity index (χ0) is 15.1. The van der Waals surface area contributed by atoms with E-state index in [1.54, 1.807) is 0 Å². The Morgan fingerprint density at radius 3 is 2.71 bits per heavy atom. The van der Waals surface area contributed by atoms with E-state index in [4.69, 9.17) is 5.73 Å². The summed E-state index contributed by atoms with van der Waals surface area (Å²) in [6.45, 7) is 3.60. The number of hydrogen-bond donors (Lipinski definition) is 3. The first kappa shape index (κ1) is 15.8. The van der Waals surface area contributed by atoms with Crippen molar-refractivity contribution >= 4 is 11.7 Å². The van der Waals surface area contributed by atoms with E-state index in [0.29, 0.717) is 6.54 Å². The van der Waals surface area contributed by atoms with Gasteiger partial charge in [0.2, 0.25) is 0 Å². The van der Waals surface area contributed by atoms with Gasteiger partial charge >= 0.3 is 6.03 Å². The van der Waals surface area contributed by atoms with Gasteiger partial charge in [0.15, 0.2) is 0 Å². The average molecular weight is 289 g/mol. The highest BCUT2D eigenvalue weighted by atomic mass is 16.2. The summed E-state index contributed by atoms with van der Waals surface area (Å²) in [7, 11) is 0. The van der Waals surface area contributed by atoms with E-state index >= 15 is 0 Å². The molecule has 0 bridgehead atoms. The third-order valence-electron chi connectivity index (χ3n) is 4.33. The van der Waals surface area contributed by atoms with Crippen molar-refractivity contribution in [3.63, 3.8) is 0 Å². The quantitative estimate of drug-likeness (QED) is 0.777. The molecular formula is C17H27N3O. The van der Waals surface area contributed by atoms with E-state index < -0.39 is 0 Å². The van der Waals surface area contributed by atoms with Crippen LogP contribution in [-0.2, 0) is 6.54 Å². The van der Waals surface area contributed by atoms with Crippen LogP contribution in [0.15, 0.2) is 24.3 Å². The topological polar surface area (TPSA) is 67.2 Å². The molecular weight excluding hydrogens is 262 g/mol. The number of anilines is 1. The summed E-state index contributed by atoms with van der Waals surface area (Å²) in [6.07, 6.45) is 6.41. The number of nitrogens with two attached hydrogens (primary N) is 1.